The van der Waals surface area contributed by atoms with E-state index in [0.29, 0.717) is 48.7 Å². The van der Waals surface area contributed by atoms with Crippen LogP contribution in [0.3, 0.4) is 0 Å². The molecule has 0 aliphatic heterocycles. The molecule has 8 fully saturated rings. The molecule has 69 heavy (non-hydrogen) atoms. The number of ether oxygens (including phenoxy) is 1. The summed E-state index contributed by atoms with van der Waals surface area (Å²) in [6.45, 7) is 36.5. The molecule has 7 nitrogen and oxygen atoms in total. The van der Waals surface area contributed by atoms with Gasteiger partial charge in [-0.25, -0.2) is 0 Å². The Kier molecular flexibility index (Phi) is 10.7. The monoisotopic (exact) mass is 937 g/mol. The van der Waals surface area contributed by atoms with Gasteiger partial charge in [-0.1, -0.05) is 106 Å². The molecule has 0 aromatic rings. The van der Waals surface area contributed by atoms with Gasteiger partial charge in [0.15, 0.2) is 11.6 Å². The molecule has 10 rings (SSSR count). The van der Waals surface area contributed by atoms with E-state index in [0.717, 1.165) is 88.2 Å². The normalized spacial score (nSPS) is 50.8. The van der Waals surface area contributed by atoms with Crippen molar-refractivity contribution in [3.05, 3.63) is 47.6 Å². The highest BCUT2D eigenvalue weighted by molar-refractivity contribution is 6.04. The van der Waals surface area contributed by atoms with Crippen LogP contribution in [0.15, 0.2) is 47.6 Å². The lowest BCUT2D eigenvalue weighted by atomic mass is 9.32. The Morgan fingerprint density at radius 2 is 0.870 bits per heavy atom. The highest BCUT2D eigenvalue weighted by Gasteiger charge is 2.75. The second-order valence-electron chi connectivity index (χ2n) is 28.5. The maximum absolute atomic E-state index is 15.6. The quantitative estimate of drug-likeness (QED) is 0.156. The first kappa shape index (κ1) is 49.0. The highest BCUT2D eigenvalue weighted by Crippen LogP contribution is 2.79. The zero-order valence-corrected chi connectivity index (χ0v) is 44.6. The van der Waals surface area contributed by atoms with Crippen LogP contribution in [0.2, 0.25) is 0 Å². The predicted molar refractivity (Wildman–Crippen MR) is 268 cm³/mol. The van der Waals surface area contributed by atoms with E-state index in [4.69, 9.17) is 4.74 Å². The first-order valence-electron chi connectivity index (χ1n) is 27.5. The largest absolute Gasteiger partial charge is 0.392 e. The van der Waals surface area contributed by atoms with E-state index >= 15 is 9.59 Å². The molecule has 372 valence electrons. The fourth-order valence-corrected chi connectivity index (χ4v) is 22.5. The molecule has 8 saturated carbocycles. The van der Waals surface area contributed by atoms with Crippen molar-refractivity contribution in [3.8, 4) is 12.1 Å². The van der Waals surface area contributed by atoms with Gasteiger partial charge >= 0.3 is 11.9 Å². The van der Waals surface area contributed by atoms with Crippen LogP contribution in [0.25, 0.3) is 0 Å². The summed E-state index contributed by atoms with van der Waals surface area (Å²) < 4.78 is 6.69. The van der Waals surface area contributed by atoms with Crippen molar-refractivity contribution in [2.75, 3.05) is 0 Å². The van der Waals surface area contributed by atoms with E-state index in [-0.39, 0.29) is 103 Å². The lowest BCUT2D eigenvalue weighted by molar-refractivity contribution is -0.229. The molecule has 0 radical (unpaired) electrons. The molecule has 0 saturated heterocycles. The summed E-state index contributed by atoms with van der Waals surface area (Å²) in [6, 6.07) is 4.62. The number of hydrogen-bond acceptors (Lipinski definition) is 7. The van der Waals surface area contributed by atoms with E-state index in [1.165, 1.54) is 0 Å². The molecule has 0 amide bonds. The zero-order chi connectivity index (χ0) is 50.2. The van der Waals surface area contributed by atoms with Gasteiger partial charge in [0.2, 0.25) is 0 Å². The summed E-state index contributed by atoms with van der Waals surface area (Å²) in [5, 5.41) is 20.5. The number of Topliss-reactive ketones (excluding diaryl/α,β-unsaturated/α-hetero) is 2. The molecule has 0 aromatic heterocycles. The van der Waals surface area contributed by atoms with Gasteiger partial charge in [-0.05, 0) is 208 Å². The van der Waals surface area contributed by atoms with Gasteiger partial charge in [-0.15, -0.1) is 0 Å². The third kappa shape index (κ3) is 5.78. The Morgan fingerprint density at radius 3 is 1.20 bits per heavy atom. The van der Waals surface area contributed by atoms with Gasteiger partial charge in [0.05, 0.1) is 22.0 Å². The fourth-order valence-electron chi connectivity index (χ4n) is 22.5. The van der Waals surface area contributed by atoms with Crippen LogP contribution in [0, 0.1) is 136 Å². The molecular formula is C62H84N2O5. The van der Waals surface area contributed by atoms with Crippen LogP contribution in [0.1, 0.15) is 186 Å². The Labute approximate surface area is 415 Å². The van der Waals surface area contributed by atoms with E-state index in [2.05, 4.69) is 121 Å². The summed E-state index contributed by atoms with van der Waals surface area (Å²) >= 11 is 0. The maximum atomic E-state index is 15.6. The average Bonchev–Trinajstić information content (AvgIpc) is 3.88. The first-order valence-corrected chi connectivity index (χ1v) is 27.5. The Balaban J connectivity index is 0.963. The Hall–Kier alpha value is -3.58. The van der Waals surface area contributed by atoms with Gasteiger partial charge in [-0.3, -0.25) is 19.2 Å². The Morgan fingerprint density at radius 1 is 0.507 bits per heavy atom. The maximum Gasteiger partial charge on any atom is 0.320 e. The van der Waals surface area contributed by atoms with Crippen LogP contribution in [0.5, 0.6) is 0 Å². The molecule has 18 atom stereocenters. The molecule has 0 N–H and O–H groups in total. The van der Waals surface area contributed by atoms with Crippen LogP contribution >= 0.6 is 0 Å². The van der Waals surface area contributed by atoms with E-state index in [1.54, 1.807) is 0 Å². The standard InChI is InChI=1S/C62H84N2O5/c1-35(2)39-19-25-61(29-27-57(11)41(47(39)61)15-17-45-55(9)31-37(33-63)49(65)53(5,6)43(55)21-23-59(45,57)13)51(67)69-52(68)62-26-20-40(36(3)4)48(62)42-16-18-46-56(10)32-38(34-64)50(66)54(7,8)44(56)22-24-60(46,14)58(42,12)28-30-62/h31-32,39-48H,1,3,15-30H2,2,4-14H3/t39?,40?,41-,42-,43+,44+,45?,46?,47-,48-,55+,56+,57-,58-,59-,60-,61+,62+/m1/s1. The number of ketones is 2. The summed E-state index contributed by atoms with van der Waals surface area (Å²) in [5.74, 6) is 1.21. The highest BCUT2D eigenvalue weighted by atomic mass is 16.6. The molecule has 0 bridgehead atoms. The van der Waals surface area contributed by atoms with Crippen molar-refractivity contribution >= 4 is 23.5 Å². The fraction of sp³-hybridized carbons (Fsp3) is 0.774. The smallest absolute Gasteiger partial charge is 0.320 e. The molecule has 4 unspecified atom stereocenters. The molecule has 0 spiro atoms. The average molecular weight is 937 g/mol. The number of rotatable bonds is 4. The lowest BCUT2D eigenvalue weighted by Crippen LogP contribution is -2.67. The van der Waals surface area contributed by atoms with Crippen LogP contribution in [-0.2, 0) is 23.9 Å². The topological polar surface area (TPSA) is 125 Å². The van der Waals surface area contributed by atoms with E-state index in [1.807, 2.05) is 0 Å². The third-order valence-corrected chi connectivity index (χ3v) is 26.0. The minimum atomic E-state index is -0.757. The van der Waals surface area contributed by atoms with Crippen LogP contribution in [0.4, 0.5) is 0 Å². The number of carbonyl (C=O) groups is 4. The summed E-state index contributed by atoms with van der Waals surface area (Å²) in [6.07, 6.45) is 18.3. The molecule has 0 heterocycles. The SMILES string of the molecule is C=C(C)C1CC[C@]2(C(=O)OC(=O)[C@]34CCC(C(=C)C)[C@@H]3[C@H]3CCC5[C@@]6(C)C=C(C#N)C(=O)C(C)(C)[C@@H]6CC[C@@]5(C)[C@]3(C)CC4)CC[C@]3(C)[C@H](CCC4[C@@]5(C)C=C(C#N)C(=O)C(C)(C)[C@@H]5CC[C@]43C)[C@@H]12. The van der Waals surface area contributed by atoms with Gasteiger partial charge < -0.3 is 4.74 Å². The number of fused-ring (bicyclic) bond motifs is 14. The molecular weight excluding hydrogens is 853 g/mol. The number of esters is 2. The lowest BCUT2D eigenvalue weighted by Gasteiger charge is -2.71. The first-order chi connectivity index (χ1) is 32.1. The van der Waals surface area contributed by atoms with Gasteiger partial charge in [0, 0.05) is 10.8 Å². The number of allylic oxidation sites excluding steroid dienone is 6. The van der Waals surface area contributed by atoms with Gasteiger partial charge in [-0.2, -0.15) is 10.5 Å². The van der Waals surface area contributed by atoms with Crippen molar-refractivity contribution < 1.29 is 23.9 Å². The minimum Gasteiger partial charge on any atom is -0.392 e. The van der Waals surface area contributed by atoms with Crippen LogP contribution < -0.4 is 0 Å². The molecule has 0 aromatic carbocycles. The van der Waals surface area contributed by atoms with Crippen molar-refractivity contribution in [2.24, 2.45) is 113 Å². The van der Waals surface area contributed by atoms with Crippen molar-refractivity contribution in [1.29, 1.82) is 10.5 Å². The van der Waals surface area contributed by atoms with E-state index < -0.39 is 21.7 Å². The zero-order valence-electron chi connectivity index (χ0n) is 44.6. The summed E-state index contributed by atoms with van der Waals surface area (Å²) in [7, 11) is 0. The van der Waals surface area contributed by atoms with E-state index in [9.17, 15) is 20.1 Å². The van der Waals surface area contributed by atoms with Crippen molar-refractivity contribution in [2.45, 2.75) is 186 Å². The molecule has 10 aliphatic carbocycles. The second kappa shape index (κ2) is 15.0. The third-order valence-electron chi connectivity index (χ3n) is 26.0. The number of nitrogens with zero attached hydrogens (tertiary/aromatic N) is 2. The molecule has 7 heteroatoms. The summed E-state index contributed by atoms with van der Waals surface area (Å²) in [4.78, 5) is 58.6. The van der Waals surface area contributed by atoms with Gasteiger partial charge in [0.1, 0.15) is 12.1 Å². The van der Waals surface area contributed by atoms with Crippen molar-refractivity contribution in [3.63, 3.8) is 0 Å². The Bertz CT molecular complexity index is 2340. The number of hydrogen-bond donors (Lipinski definition) is 0. The predicted octanol–water partition coefficient (Wildman–Crippen LogP) is 13.8. The number of nitriles is 2. The molecule has 10 aliphatic rings. The minimum absolute atomic E-state index is 0.0160. The summed E-state index contributed by atoms with van der Waals surface area (Å²) in [5.41, 5.74) is -0.738. The second-order valence-corrected chi connectivity index (χ2v) is 28.5. The van der Waals surface area contributed by atoms with Crippen LogP contribution in [-0.4, -0.2) is 23.5 Å². The van der Waals surface area contributed by atoms with Crippen molar-refractivity contribution in [1.82, 2.24) is 0 Å². The van der Waals surface area contributed by atoms with Gasteiger partial charge in [0.25, 0.3) is 0 Å². The number of carbonyl (C=O) groups excluding carboxylic acids is 4.